The Kier molecular flexibility index (Phi) is 6.80. The van der Waals surface area contributed by atoms with Gasteiger partial charge in [0.1, 0.15) is 6.54 Å². The second-order valence-corrected chi connectivity index (χ2v) is 5.14. The Labute approximate surface area is 141 Å². The van der Waals surface area contributed by atoms with E-state index in [2.05, 4.69) is 5.32 Å². The first-order valence-corrected chi connectivity index (χ1v) is 6.99. The summed E-state index contributed by atoms with van der Waals surface area (Å²) in [6, 6.07) is 3.18. The van der Waals surface area contributed by atoms with Crippen molar-refractivity contribution in [3.63, 3.8) is 0 Å². The van der Waals surface area contributed by atoms with E-state index in [4.69, 9.17) is 33.7 Å². The Morgan fingerprint density at radius 2 is 1.91 bits per heavy atom. The molecule has 124 valence electrons. The SMILES string of the molecule is C[C@H](OC(=O)CNC(=O)c1ccc(Cl)cc1Cl)C(=O)NC(N)=O. The standard InChI is InChI=1S/C13H13Cl2N3O5/c1-6(11(20)18-13(16)22)23-10(19)5-17-12(21)8-3-2-7(14)4-9(8)15/h2-4,6H,5H2,1H3,(H,17,21)(H3,16,18,20,22)/t6-/m0/s1. The first-order chi connectivity index (χ1) is 10.7. The van der Waals surface area contributed by atoms with Gasteiger partial charge in [-0.2, -0.15) is 0 Å². The van der Waals surface area contributed by atoms with Crippen LogP contribution in [0.3, 0.4) is 0 Å². The van der Waals surface area contributed by atoms with Crippen LogP contribution in [0.4, 0.5) is 4.79 Å². The maximum Gasteiger partial charge on any atom is 0.326 e. The lowest BCUT2D eigenvalue weighted by Gasteiger charge is -2.12. The van der Waals surface area contributed by atoms with Crippen LogP contribution in [-0.4, -0.2) is 36.5 Å². The highest BCUT2D eigenvalue weighted by molar-refractivity contribution is 6.36. The monoisotopic (exact) mass is 361 g/mol. The van der Waals surface area contributed by atoms with Crippen molar-refractivity contribution in [3.05, 3.63) is 33.8 Å². The molecule has 23 heavy (non-hydrogen) atoms. The van der Waals surface area contributed by atoms with Gasteiger partial charge in [-0.05, 0) is 25.1 Å². The average molecular weight is 362 g/mol. The van der Waals surface area contributed by atoms with Crippen molar-refractivity contribution >= 4 is 47.0 Å². The fourth-order valence-electron chi connectivity index (χ4n) is 1.44. The number of carbonyl (C=O) groups excluding carboxylic acids is 4. The first-order valence-electron chi connectivity index (χ1n) is 6.23. The Morgan fingerprint density at radius 3 is 2.48 bits per heavy atom. The van der Waals surface area contributed by atoms with Crippen molar-refractivity contribution in [2.24, 2.45) is 5.73 Å². The molecule has 1 aromatic carbocycles. The number of hydrogen-bond donors (Lipinski definition) is 3. The second kappa shape index (κ2) is 8.35. The van der Waals surface area contributed by atoms with Gasteiger partial charge in [-0.3, -0.25) is 19.7 Å². The molecule has 0 radical (unpaired) electrons. The number of amides is 4. The molecule has 1 atom stereocenters. The fourth-order valence-corrected chi connectivity index (χ4v) is 1.93. The number of ether oxygens (including phenoxy) is 1. The van der Waals surface area contributed by atoms with Crippen molar-refractivity contribution in [2.75, 3.05) is 6.54 Å². The number of halogens is 2. The summed E-state index contributed by atoms with van der Waals surface area (Å²) < 4.78 is 4.72. The van der Waals surface area contributed by atoms with E-state index in [0.717, 1.165) is 0 Å². The minimum atomic E-state index is -1.24. The highest BCUT2D eigenvalue weighted by atomic mass is 35.5. The molecule has 0 aromatic heterocycles. The van der Waals surface area contributed by atoms with Crippen LogP contribution < -0.4 is 16.4 Å². The Hall–Kier alpha value is -2.32. The van der Waals surface area contributed by atoms with Gasteiger partial charge in [-0.25, -0.2) is 4.79 Å². The predicted octanol–water partition coefficient (Wildman–Crippen LogP) is 0.850. The molecule has 0 aliphatic carbocycles. The van der Waals surface area contributed by atoms with Crippen LogP contribution in [0, 0.1) is 0 Å². The largest absolute Gasteiger partial charge is 0.451 e. The third-order valence-electron chi connectivity index (χ3n) is 2.49. The molecule has 0 spiro atoms. The minimum absolute atomic E-state index is 0.123. The van der Waals surface area contributed by atoms with E-state index in [1.165, 1.54) is 25.1 Å². The maximum atomic E-state index is 11.9. The molecular weight excluding hydrogens is 349 g/mol. The maximum absolute atomic E-state index is 11.9. The van der Waals surface area contributed by atoms with Gasteiger partial charge in [0.25, 0.3) is 11.8 Å². The number of urea groups is 1. The molecule has 0 unspecified atom stereocenters. The highest BCUT2D eigenvalue weighted by Gasteiger charge is 2.19. The number of primary amides is 1. The number of nitrogens with one attached hydrogen (secondary N) is 2. The molecule has 0 saturated carbocycles. The van der Waals surface area contributed by atoms with Crippen LogP contribution in [0.15, 0.2) is 18.2 Å². The molecule has 0 aliphatic rings. The van der Waals surface area contributed by atoms with Gasteiger partial charge in [0, 0.05) is 5.02 Å². The smallest absolute Gasteiger partial charge is 0.326 e. The minimum Gasteiger partial charge on any atom is -0.451 e. The van der Waals surface area contributed by atoms with Gasteiger partial charge in [0.15, 0.2) is 6.10 Å². The Bertz CT molecular complexity index is 650. The number of esters is 1. The molecule has 8 nitrogen and oxygen atoms in total. The molecule has 4 amide bonds. The van der Waals surface area contributed by atoms with Gasteiger partial charge in [0.05, 0.1) is 10.6 Å². The van der Waals surface area contributed by atoms with Crippen LogP contribution in [-0.2, 0) is 14.3 Å². The molecule has 0 heterocycles. The van der Waals surface area contributed by atoms with Gasteiger partial charge in [-0.1, -0.05) is 23.2 Å². The lowest BCUT2D eigenvalue weighted by Crippen LogP contribution is -2.43. The third-order valence-corrected chi connectivity index (χ3v) is 3.04. The summed E-state index contributed by atoms with van der Waals surface area (Å²) in [7, 11) is 0. The summed E-state index contributed by atoms with van der Waals surface area (Å²) in [5.74, 6) is -2.37. The molecule has 4 N–H and O–H groups in total. The number of hydrogen-bond acceptors (Lipinski definition) is 5. The number of benzene rings is 1. The van der Waals surface area contributed by atoms with E-state index in [1.54, 1.807) is 5.32 Å². The predicted molar refractivity (Wildman–Crippen MR) is 82.1 cm³/mol. The van der Waals surface area contributed by atoms with E-state index in [9.17, 15) is 19.2 Å². The van der Waals surface area contributed by atoms with Crippen LogP contribution in [0.25, 0.3) is 0 Å². The normalized spacial score (nSPS) is 11.3. The zero-order valence-corrected chi connectivity index (χ0v) is 13.4. The van der Waals surface area contributed by atoms with Gasteiger partial charge in [0.2, 0.25) is 0 Å². The van der Waals surface area contributed by atoms with E-state index in [-0.39, 0.29) is 10.6 Å². The Balaban J connectivity index is 2.51. The van der Waals surface area contributed by atoms with Crippen LogP contribution in [0.5, 0.6) is 0 Å². The zero-order valence-electron chi connectivity index (χ0n) is 11.9. The van der Waals surface area contributed by atoms with E-state index in [0.29, 0.717) is 5.02 Å². The molecule has 0 saturated heterocycles. The number of rotatable bonds is 5. The summed E-state index contributed by atoms with van der Waals surface area (Å²) in [5.41, 5.74) is 4.89. The molecule has 0 aliphatic heterocycles. The summed E-state index contributed by atoms with van der Waals surface area (Å²) in [6.07, 6.45) is -1.24. The molecule has 1 aromatic rings. The van der Waals surface area contributed by atoms with Crippen molar-refractivity contribution < 1.29 is 23.9 Å². The second-order valence-electron chi connectivity index (χ2n) is 4.29. The zero-order chi connectivity index (χ0) is 17.6. The van der Waals surface area contributed by atoms with Gasteiger partial charge >= 0.3 is 12.0 Å². The Morgan fingerprint density at radius 1 is 1.26 bits per heavy atom. The lowest BCUT2D eigenvalue weighted by molar-refractivity contribution is -0.153. The first kappa shape index (κ1) is 18.7. The number of nitrogens with two attached hydrogens (primary N) is 1. The highest BCUT2D eigenvalue weighted by Crippen LogP contribution is 2.20. The van der Waals surface area contributed by atoms with Crippen molar-refractivity contribution in [3.8, 4) is 0 Å². The summed E-state index contributed by atoms with van der Waals surface area (Å²) in [5, 5.41) is 4.52. The van der Waals surface area contributed by atoms with Crippen LogP contribution >= 0.6 is 23.2 Å². The number of imide groups is 1. The van der Waals surface area contributed by atoms with E-state index in [1.807, 2.05) is 0 Å². The van der Waals surface area contributed by atoms with Crippen LogP contribution in [0.1, 0.15) is 17.3 Å². The van der Waals surface area contributed by atoms with E-state index >= 15 is 0 Å². The molecular formula is C13H13Cl2N3O5. The summed E-state index contributed by atoms with van der Waals surface area (Å²) in [4.78, 5) is 45.2. The number of carbonyl (C=O) groups is 4. The van der Waals surface area contributed by atoms with Crippen molar-refractivity contribution in [1.82, 2.24) is 10.6 Å². The molecule has 0 bridgehead atoms. The fraction of sp³-hybridized carbons (Fsp3) is 0.231. The topological polar surface area (TPSA) is 128 Å². The molecule has 10 heteroatoms. The third kappa shape index (κ3) is 6.13. The average Bonchev–Trinajstić information content (AvgIpc) is 2.43. The molecule has 0 fully saturated rings. The quantitative estimate of drug-likeness (QED) is 0.669. The molecule has 1 rings (SSSR count). The van der Waals surface area contributed by atoms with Crippen molar-refractivity contribution in [2.45, 2.75) is 13.0 Å². The van der Waals surface area contributed by atoms with Gasteiger partial charge < -0.3 is 15.8 Å². The van der Waals surface area contributed by atoms with Crippen LogP contribution in [0.2, 0.25) is 10.0 Å². The lowest BCUT2D eigenvalue weighted by atomic mass is 10.2. The van der Waals surface area contributed by atoms with Crippen molar-refractivity contribution in [1.29, 1.82) is 0 Å². The van der Waals surface area contributed by atoms with E-state index < -0.39 is 36.5 Å². The summed E-state index contributed by atoms with van der Waals surface area (Å²) in [6.45, 7) is 0.750. The van der Waals surface area contributed by atoms with Gasteiger partial charge in [-0.15, -0.1) is 0 Å². The summed E-state index contributed by atoms with van der Waals surface area (Å²) >= 11 is 11.6.